The molecular weight excluding hydrogens is 654 g/mol. The number of aromatic hydroxyl groups is 1. The Morgan fingerprint density at radius 2 is 1.50 bits per heavy atom. The summed E-state index contributed by atoms with van der Waals surface area (Å²) in [5.74, 6) is -6.97. The molecule has 0 fully saturated rings. The Morgan fingerprint density at radius 3 is 2.14 bits per heavy atom. The topological polar surface area (TPSA) is 243 Å². The number of phenolic OH excluding ortho intramolecular Hbond substituents is 1. The first-order chi connectivity index (χ1) is 24.0. The second-order valence-corrected chi connectivity index (χ2v) is 11.3. The van der Waals surface area contributed by atoms with Gasteiger partial charge in [-0.1, -0.05) is 47.6 Å². The van der Waals surface area contributed by atoms with Gasteiger partial charge in [-0.15, -0.1) is 0 Å². The minimum atomic E-state index is -1.49. The minimum absolute atomic E-state index is 0.00215. The smallest absolute Gasteiger partial charge is 0.308 e. The third-order valence-corrected chi connectivity index (χ3v) is 7.20. The van der Waals surface area contributed by atoms with Crippen LogP contribution in [-0.4, -0.2) is 91.1 Å². The first-order valence-corrected chi connectivity index (χ1v) is 15.9. The number of Topliss-reactive ketones (excluding diaryl/α,β-unsaturated/α-hetero) is 2. The molecule has 2 aromatic carbocycles. The molecule has 3 atom stereocenters. The van der Waals surface area contributed by atoms with Gasteiger partial charge in [0.05, 0.1) is 51.2 Å². The molecule has 0 aromatic heterocycles. The van der Waals surface area contributed by atoms with E-state index in [0.717, 1.165) is 0 Å². The van der Waals surface area contributed by atoms with Gasteiger partial charge in [-0.05, 0) is 42.1 Å². The third-order valence-electron chi connectivity index (χ3n) is 7.20. The zero-order valence-corrected chi connectivity index (χ0v) is 27.8. The Bertz CT molecular complexity index is 1460. The Kier molecular flexibility index (Phi) is 18.9. The molecule has 0 aliphatic rings. The zero-order valence-electron chi connectivity index (χ0n) is 27.8. The number of carbonyl (C=O) groups excluding carboxylic acids is 5. The van der Waals surface area contributed by atoms with Crippen molar-refractivity contribution in [2.24, 2.45) is 17.0 Å². The first-order valence-electron chi connectivity index (χ1n) is 15.9. The number of carboxylic acids is 1. The molecule has 0 heterocycles. The zero-order chi connectivity index (χ0) is 36.7. The maximum atomic E-state index is 13.6. The van der Waals surface area contributed by atoms with E-state index in [0.29, 0.717) is 11.1 Å². The fourth-order valence-electron chi connectivity index (χ4n) is 4.74. The van der Waals surface area contributed by atoms with Gasteiger partial charge in [-0.2, -0.15) is 0 Å². The molecule has 0 saturated heterocycles. The van der Waals surface area contributed by atoms with Crippen LogP contribution in [0.3, 0.4) is 0 Å². The second kappa shape index (κ2) is 23.1. The van der Waals surface area contributed by atoms with E-state index < -0.39 is 66.7 Å². The third kappa shape index (κ3) is 17.2. The number of azide groups is 1. The number of aliphatic carboxylic acids is 1. The Morgan fingerprint density at radius 1 is 0.820 bits per heavy atom. The summed E-state index contributed by atoms with van der Waals surface area (Å²) in [5.41, 5.74) is 9.55. The van der Waals surface area contributed by atoms with Crippen LogP contribution >= 0.6 is 0 Å². The molecule has 0 spiro atoms. The lowest BCUT2D eigenvalue weighted by atomic mass is 9.91. The van der Waals surface area contributed by atoms with Crippen LogP contribution in [0.2, 0.25) is 0 Å². The highest BCUT2D eigenvalue weighted by atomic mass is 16.5. The highest BCUT2D eigenvalue weighted by Crippen LogP contribution is 2.19. The van der Waals surface area contributed by atoms with Crippen molar-refractivity contribution >= 4 is 35.3 Å². The summed E-state index contributed by atoms with van der Waals surface area (Å²) in [4.78, 5) is 79.2. The SMILES string of the molecule is CC(=O)C[C@@H](Cc1ccc(O)cc1)C(=O)N[C@H](CC(=O)OCc1ccccc1)C(=O)C[C@@H](CC(=O)O)C(=O)NCCOCCOCCN=[N+]=[N-]. The number of hydrogen-bond acceptors (Lipinski definition) is 11. The van der Waals surface area contributed by atoms with Gasteiger partial charge in [0.2, 0.25) is 11.8 Å². The van der Waals surface area contributed by atoms with Crippen molar-refractivity contribution in [3.63, 3.8) is 0 Å². The van der Waals surface area contributed by atoms with Crippen molar-refractivity contribution in [1.82, 2.24) is 10.6 Å². The predicted molar refractivity (Wildman–Crippen MR) is 177 cm³/mol. The Balaban J connectivity index is 2.12. The molecule has 2 aromatic rings. The number of hydrogen-bond donors (Lipinski definition) is 4. The first kappa shape index (κ1) is 40.9. The highest BCUT2D eigenvalue weighted by Gasteiger charge is 2.33. The van der Waals surface area contributed by atoms with Crippen LogP contribution in [0.25, 0.3) is 10.4 Å². The van der Waals surface area contributed by atoms with Gasteiger partial charge >= 0.3 is 11.9 Å². The molecule has 2 amide bonds. The Hall–Kier alpha value is -5.31. The number of ketones is 2. The van der Waals surface area contributed by atoms with Gasteiger partial charge in [-0.3, -0.25) is 24.0 Å². The van der Waals surface area contributed by atoms with Gasteiger partial charge < -0.3 is 39.9 Å². The number of ether oxygens (including phenoxy) is 3. The molecule has 2 rings (SSSR count). The summed E-state index contributed by atoms with van der Waals surface area (Å²) in [6.45, 7) is 2.06. The van der Waals surface area contributed by atoms with Crippen LogP contribution in [-0.2, 0) is 56.0 Å². The lowest BCUT2D eigenvalue weighted by Crippen LogP contribution is -2.47. The van der Waals surface area contributed by atoms with Crippen LogP contribution in [0, 0.1) is 11.8 Å². The molecule has 0 aliphatic carbocycles. The van der Waals surface area contributed by atoms with Crippen LogP contribution in [0.5, 0.6) is 5.75 Å². The molecule has 4 N–H and O–H groups in total. The van der Waals surface area contributed by atoms with E-state index in [1.54, 1.807) is 42.5 Å². The van der Waals surface area contributed by atoms with Crippen molar-refractivity contribution < 1.29 is 53.2 Å². The highest BCUT2D eigenvalue weighted by molar-refractivity contribution is 5.96. The van der Waals surface area contributed by atoms with Gasteiger partial charge in [-0.25, -0.2) is 0 Å². The fraction of sp³-hybridized carbons (Fsp3) is 0.471. The monoisotopic (exact) mass is 697 g/mol. The van der Waals surface area contributed by atoms with Gasteiger partial charge in [0.1, 0.15) is 18.1 Å². The van der Waals surface area contributed by atoms with Crippen molar-refractivity contribution in [3.05, 3.63) is 76.2 Å². The second-order valence-electron chi connectivity index (χ2n) is 11.3. The molecule has 50 heavy (non-hydrogen) atoms. The number of esters is 1. The molecule has 16 heteroatoms. The standard InChI is InChI=1S/C34H43N5O11/c1-23(40)17-26(18-24-7-9-28(41)10-8-24)34(47)38-29(21-32(45)50-22-25-5-3-2-4-6-25)30(42)19-27(20-31(43)44)33(46)36-11-13-48-15-16-49-14-12-37-39-35/h2-10,26-27,29,41H,11-22H2,1H3,(H,36,46)(H,38,47)(H,43,44)/t26-,27-,29+/m0/s1. The number of nitrogens with one attached hydrogen (secondary N) is 2. The lowest BCUT2D eigenvalue weighted by Gasteiger charge is -2.23. The van der Waals surface area contributed by atoms with Gasteiger partial charge in [0.15, 0.2) is 5.78 Å². The predicted octanol–water partition coefficient (Wildman–Crippen LogP) is 2.66. The summed E-state index contributed by atoms with van der Waals surface area (Å²) in [7, 11) is 0. The molecule has 0 unspecified atom stereocenters. The number of amides is 2. The van der Waals surface area contributed by atoms with Crippen LogP contribution in [0.15, 0.2) is 59.7 Å². The maximum absolute atomic E-state index is 13.6. The van der Waals surface area contributed by atoms with Crippen LogP contribution in [0.4, 0.5) is 0 Å². The average molecular weight is 698 g/mol. The number of nitrogens with zero attached hydrogens (tertiary/aromatic N) is 3. The van der Waals surface area contributed by atoms with E-state index in [2.05, 4.69) is 20.7 Å². The van der Waals surface area contributed by atoms with E-state index in [1.165, 1.54) is 19.1 Å². The van der Waals surface area contributed by atoms with E-state index in [9.17, 15) is 39.0 Å². The summed E-state index contributed by atoms with van der Waals surface area (Å²) >= 11 is 0. The summed E-state index contributed by atoms with van der Waals surface area (Å²) in [6.07, 6.45) is -2.03. The molecule has 270 valence electrons. The lowest BCUT2D eigenvalue weighted by molar-refractivity contribution is -0.148. The number of phenols is 1. The molecule has 16 nitrogen and oxygen atoms in total. The maximum Gasteiger partial charge on any atom is 0.308 e. The number of carbonyl (C=O) groups is 6. The fourth-order valence-corrected chi connectivity index (χ4v) is 4.74. The average Bonchev–Trinajstić information content (AvgIpc) is 3.08. The Labute approximate surface area is 289 Å². The quantitative estimate of drug-likeness (QED) is 0.0386. The van der Waals surface area contributed by atoms with Crippen molar-refractivity contribution in [1.29, 1.82) is 0 Å². The van der Waals surface area contributed by atoms with Crippen molar-refractivity contribution in [3.8, 4) is 5.75 Å². The van der Waals surface area contributed by atoms with E-state index in [1.807, 2.05) is 0 Å². The number of carboxylic acid groups (broad SMARTS) is 1. The van der Waals surface area contributed by atoms with Crippen LogP contribution in [0.1, 0.15) is 43.7 Å². The molecule has 0 saturated carbocycles. The summed E-state index contributed by atoms with van der Waals surface area (Å²) in [6, 6.07) is 13.3. The van der Waals surface area contributed by atoms with Gasteiger partial charge in [0, 0.05) is 36.8 Å². The van der Waals surface area contributed by atoms with Crippen molar-refractivity contribution in [2.45, 2.75) is 51.7 Å². The summed E-state index contributed by atoms with van der Waals surface area (Å²) < 4.78 is 15.9. The number of benzene rings is 2. The van der Waals surface area contributed by atoms with Crippen LogP contribution < -0.4 is 10.6 Å². The number of rotatable bonds is 25. The normalized spacial score (nSPS) is 12.4. The molecule has 0 aliphatic heterocycles. The van der Waals surface area contributed by atoms with Gasteiger partial charge in [0.25, 0.3) is 0 Å². The van der Waals surface area contributed by atoms with E-state index in [-0.39, 0.29) is 70.5 Å². The minimum Gasteiger partial charge on any atom is -0.508 e. The van der Waals surface area contributed by atoms with E-state index in [4.69, 9.17) is 19.7 Å². The largest absolute Gasteiger partial charge is 0.508 e. The van der Waals surface area contributed by atoms with Crippen molar-refractivity contribution in [2.75, 3.05) is 39.5 Å². The van der Waals surface area contributed by atoms with E-state index >= 15 is 0 Å². The molecular formula is C34H43N5O11. The summed E-state index contributed by atoms with van der Waals surface area (Å²) in [5, 5.41) is 27.5. The molecule has 0 bridgehead atoms. The molecule has 0 radical (unpaired) electrons.